The Balaban J connectivity index is 2.31. The van der Waals surface area contributed by atoms with Crippen LogP contribution in [-0.2, 0) is 6.42 Å². The standard InChI is InChI=1S/C15H21N5S/c1-4-6-12-19-14(17-8-5-2)11(3)15(20-12)21-13-7-9-16-10-18-13/h7,9-10H,4-6,8H2,1-3H3,(H,17,19,20). The molecule has 0 saturated carbocycles. The third-order valence-corrected chi connectivity index (χ3v) is 3.96. The Morgan fingerprint density at radius 1 is 1.19 bits per heavy atom. The van der Waals surface area contributed by atoms with Gasteiger partial charge >= 0.3 is 0 Å². The Hall–Kier alpha value is -1.69. The van der Waals surface area contributed by atoms with E-state index in [9.17, 15) is 0 Å². The molecule has 0 atom stereocenters. The van der Waals surface area contributed by atoms with Gasteiger partial charge in [-0.1, -0.05) is 13.8 Å². The third-order valence-electron chi connectivity index (χ3n) is 2.92. The molecule has 0 aliphatic heterocycles. The van der Waals surface area contributed by atoms with Crippen molar-refractivity contribution < 1.29 is 0 Å². The first-order chi connectivity index (χ1) is 10.2. The van der Waals surface area contributed by atoms with Gasteiger partial charge in [0.1, 0.15) is 28.0 Å². The summed E-state index contributed by atoms with van der Waals surface area (Å²) in [4.78, 5) is 17.5. The molecule has 6 heteroatoms. The predicted octanol–water partition coefficient (Wildman–Crippen LogP) is 3.50. The van der Waals surface area contributed by atoms with E-state index in [0.29, 0.717) is 0 Å². The number of aryl methyl sites for hydroxylation is 1. The van der Waals surface area contributed by atoms with Crippen molar-refractivity contribution >= 4 is 17.6 Å². The molecule has 0 aliphatic rings. The van der Waals surface area contributed by atoms with E-state index in [1.54, 1.807) is 24.3 Å². The summed E-state index contributed by atoms with van der Waals surface area (Å²) in [5, 5.41) is 5.25. The summed E-state index contributed by atoms with van der Waals surface area (Å²) in [6, 6.07) is 1.89. The number of hydrogen-bond donors (Lipinski definition) is 1. The van der Waals surface area contributed by atoms with Crippen LogP contribution in [-0.4, -0.2) is 26.5 Å². The molecule has 0 amide bonds. The Labute approximate surface area is 130 Å². The lowest BCUT2D eigenvalue weighted by molar-refractivity contribution is 0.799. The summed E-state index contributed by atoms with van der Waals surface area (Å²) < 4.78 is 0. The number of nitrogens with zero attached hydrogens (tertiary/aromatic N) is 4. The number of anilines is 1. The molecule has 0 saturated heterocycles. The molecule has 2 heterocycles. The van der Waals surface area contributed by atoms with E-state index in [2.05, 4.69) is 46.0 Å². The van der Waals surface area contributed by atoms with Crippen LogP contribution in [0.3, 0.4) is 0 Å². The molecule has 0 aromatic carbocycles. The monoisotopic (exact) mass is 303 g/mol. The highest BCUT2D eigenvalue weighted by Crippen LogP contribution is 2.30. The first kappa shape index (κ1) is 15.7. The molecule has 5 nitrogen and oxygen atoms in total. The van der Waals surface area contributed by atoms with E-state index in [-0.39, 0.29) is 0 Å². The highest BCUT2D eigenvalue weighted by Gasteiger charge is 2.12. The van der Waals surface area contributed by atoms with Gasteiger partial charge in [-0.2, -0.15) is 0 Å². The van der Waals surface area contributed by atoms with Crippen LogP contribution in [0.5, 0.6) is 0 Å². The molecular formula is C15H21N5S. The van der Waals surface area contributed by atoms with Crippen LogP contribution in [0, 0.1) is 6.92 Å². The van der Waals surface area contributed by atoms with Crippen molar-refractivity contribution in [3.8, 4) is 0 Å². The molecule has 0 fully saturated rings. The van der Waals surface area contributed by atoms with Gasteiger partial charge in [0.2, 0.25) is 0 Å². The summed E-state index contributed by atoms with van der Waals surface area (Å²) in [6.07, 6.45) is 6.30. The van der Waals surface area contributed by atoms with Gasteiger partial charge in [0.15, 0.2) is 0 Å². The maximum Gasteiger partial charge on any atom is 0.133 e. The SMILES string of the molecule is CCCNc1nc(CCC)nc(Sc2ccncn2)c1C. The fourth-order valence-electron chi connectivity index (χ4n) is 1.83. The summed E-state index contributed by atoms with van der Waals surface area (Å²) in [5.41, 5.74) is 1.08. The van der Waals surface area contributed by atoms with Gasteiger partial charge in [0, 0.05) is 24.7 Å². The van der Waals surface area contributed by atoms with Crippen molar-refractivity contribution in [3.05, 3.63) is 30.0 Å². The molecule has 2 aromatic rings. The predicted molar refractivity (Wildman–Crippen MR) is 85.7 cm³/mol. The van der Waals surface area contributed by atoms with Gasteiger partial charge in [-0.25, -0.2) is 19.9 Å². The highest BCUT2D eigenvalue weighted by atomic mass is 32.2. The maximum atomic E-state index is 4.68. The fraction of sp³-hybridized carbons (Fsp3) is 0.467. The van der Waals surface area contributed by atoms with E-state index in [4.69, 9.17) is 0 Å². The maximum absolute atomic E-state index is 4.68. The normalized spacial score (nSPS) is 10.6. The zero-order valence-corrected chi connectivity index (χ0v) is 13.6. The zero-order valence-electron chi connectivity index (χ0n) is 12.8. The molecule has 2 aromatic heterocycles. The second-order valence-corrected chi connectivity index (χ2v) is 5.75. The van der Waals surface area contributed by atoms with Crippen LogP contribution in [0.25, 0.3) is 0 Å². The van der Waals surface area contributed by atoms with Gasteiger partial charge in [-0.3, -0.25) is 0 Å². The minimum absolute atomic E-state index is 0.887. The van der Waals surface area contributed by atoms with E-state index in [1.165, 1.54) is 0 Å². The Morgan fingerprint density at radius 2 is 2.05 bits per heavy atom. The smallest absolute Gasteiger partial charge is 0.133 e. The molecule has 21 heavy (non-hydrogen) atoms. The average Bonchev–Trinajstić information content (AvgIpc) is 2.50. The molecule has 0 unspecified atom stereocenters. The van der Waals surface area contributed by atoms with Crippen LogP contribution in [0.2, 0.25) is 0 Å². The van der Waals surface area contributed by atoms with Crippen LogP contribution in [0.15, 0.2) is 28.6 Å². The summed E-state index contributed by atoms with van der Waals surface area (Å²) in [5.74, 6) is 1.82. The molecular weight excluding hydrogens is 282 g/mol. The van der Waals surface area contributed by atoms with Gasteiger partial charge in [0.25, 0.3) is 0 Å². The van der Waals surface area contributed by atoms with Crippen LogP contribution in [0.1, 0.15) is 38.1 Å². The van der Waals surface area contributed by atoms with E-state index < -0.39 is 0 Å². The molecule has 0 spiro atoms. The second-order valence-electron chi connectivity index (χ2n) is 4.75. The Bertz CT molecular complexity index is 574. The summed E-state index contributed by atoms with van der Waals surface area (Å²) in [7, 11) is 0. The van der Waals surface area contributed by atoms with Gasteiger partial charge in [-0.05, 0) is 37.6 Å². The fourth-order valence-corrected chi connectivity index (χ4v) is 2.66. The van der Waals surface area contributed by atoms with Crippen molar-refractivity contribution in [2.24, 2.45) is 0 Å². The minimum Gasteiger partial charge on any atom is -0.370 e. The summed E-state index contributed by atoms with van der Waals surface area (Å²) in [6.45, 7) is 7.25. The molecule has 2 rings (SSSR count). The van der Waals surface area contributed by atoms with Crippen molar-refractivity contribution in [1.82, 2.24) is 19.9 Å². The van der Waals surface area contributed by atoms with Crippen molar-refractivity contribution in [2.75, 3.05) is 11.9 Å². The van der Waals surface area contributed by atoms with Crippen molar-refractivity contribution in [1.29, 1.82) is 0 Å². The lowest BCUT2D eigenvalue weighted by Crippen LogP contribution is -2.08. The Kier molecular flexibility index (Phi) is 5.92. The third kappa shape index (κ3) is 4.39. The molecule has 0 bridgehead atoms. The molecule has 112 valence electrons. The topological polar surface area (TPSA) is 63.6 Å². The number of hydrogen-bond acceptors (Lipinski definition) is 6. The average molecular weight is 303 g/mol. The van der Waals surface area contributed by atoms with Crippen molar-refractivity contribution in [3.63, 3.8) is 0 Å². The van der Waals surface area contributed by atoms with Gasteiger partial charge in [0.05, 0.1) is 0 Å². The number of aromatic nitrogens is 4. The minimum atomic E-state index is 0.887. The van der Waals surface area contributed by atoms with E-state index in [1.807, 2.05) is 6.07 Å². The number of rotatable bonds is 7. The lowest BCUT2D eigenvalue weighted by Gasteiger charge is -2.13. The zero-order chi connectivity index (χ0) is 15.1. The van der Waals surface area contributed by atoms with Crippen molar-refractivity contribution in [2.45, 2.75) is 50.1 Å². The van der Waals surface area contributed by atoms with Gasteiger partial charge in [-0.15, -0.1) is 0 Å². The molecule has 1 N–H and O–H groups in total. The Morgan fingerprint density at radius 3 is 2.71 bits per heavy atom. The highest BCUT2D eigenvalue weighted by molar-refractivity contribution is 7.99. The quantitative estimate of drug-likeness (QED) is 0.790. The van der Waals surface area contributed by atoms with Crippen LogP contribution < -0.4 is 5.32 Å². The number of nitrogens with one attached hydrogen (secondary N) is 1. The molecule has 0 aliphatic carbocycles. The van der Waals surface area contributed by atoms with Crippen LogP contribution >= 0.6 is 11.8 Å². The second kappa shape index (κ2) is 7.93. The first-order valence-electron chi connectivity index (χ1n) is 7.29. The summed E-state index contributed by atoms with van der Waals surface area (Å²) >= 11 is 1.56. The largest absolute Gasteiger partial charge is 0.370 e. The lowest BCUT2D eigenvalue weighted by atomic mass is 10.3. The van der Waals surface area contributed by atoms with E-state index in [0.717, 1.165) is 53.1 Å². The van der Waals surface area contributed by atoms with Crippen LogP contribution in [0.4, 0.5) is 5.82 Å². The first-order valence-corrected chi connectivity index (χ1v) is 8.11. The molecule has 0 radical (unpaired) electrons. The van der Waals surface area contributed by atoms with Gasteiger partial charge < -0.3 is 5.32 Å². The van der Waals surface area contributed by atoms with E-state index >= 15 is 0 Å².